The van der Waals surface area contributed by atoms with Gasteiger partial charge in [-0.3, -0.25) is 0 Å². The molecule has 1 aliphatic heterocycles. The first kappa shape index (κ1) is 36.2. The first-order chi connectivity index (χ1) is 29.5. The van der Waals surface area contributed by atoms with Gasteiger partial charge in [0.2, 0.25) is 0 Å². The fraction of sp³-hybridized carbons (Fsp3) is 0.0877. The van der Waals surface area contributed by atoms with E-state index in [2.05, 4.69) is 243 Å². The van der Waals surface area contributed by atoms with Crippen molar-refractivity contribution in [2.75, 3.05) is 4.90 Å². The van der Waals surface area contributed by atoms with E-state index in [4.69, 9.17) is 4.74 Å². The lowest BCUT2D eigenvalue weighted by molar-refractivity contribution is 0.269. The monoisotopic (exact) mass is 787 g/mol. The maximum absolute atomic E-state index is 6.40. The van der Waals surface area contributed by atoms with Crippen molar-refractivity contribution in [2.24, 2.45) is 0 Å². The second kappa shape index (κ2) is 14.4. The molecule has 288 valence electrons. The molecule has 0 radical (unpaired) electrons. The molecule has 0 fully saturated rings. The van der Waals surface area contributed by atoms with E-state index in [1.165, 1.54) is 59.7 Å². The number of nitrogens with zero attached hydrogens (tertiary/aromatic N) is 1. The van der Waals surface area contributed by atoms with Gasteiger partial charge in [-0.15, -0.1) is 0 Å². The highest BCUT2D eigenvalue weighted by Crippen LogP contribution is 2.51. The van der Waals surface area contributed by atoms with Gasteiger partial charge in [0, 0.05) is 34.0 Å². The molecular formula is C57H45NOSi. The maximum Gasteiger partial charge on any atom is 0.179 e. The SMILES string of the molecule is CC1(C)c2ccccc2-c2ccc(N(c3ccc(-c4ccc([Si](c5ccccc5)(c5ccccc5)c5ccccc5)cc4)cc3)c3ccc4c(c3)C3C=CC=CC3O4)cc21. The maximum atomic E-state index is 6.40. The van der Waals surface area contributed by atoms with Crippen LogP contribution in [0.15, 0.2) is 224 Å². The molecular weight excluding hydrogens is 743 g/mol. The minimum atomic E-state index is -2.60. The van der Waals surface area contributed by atoms with Crippen molar-refractivity contribution in [3.8, 4) is 28.0 Å². The zero-order valence-corrected chi connectivity index (χ0v) is 34.9. The summed E-state index contributed by atoms with van der Waals surface area (Å²) in [5, 5.41) is 5.50. The van der Waals surface area contributed by atoms with Crippen LogP contribution in [0.5, 0.6) is 5.75 Å². The fourth-order valence-corrected chi connectivity index (χ4v) is 15.0. The zero-order chi connectivity index (χ0) is 40.3. The van der Waals surface area contributed by atoms with Crippen molar-refractivity contribution >= 4 is 45.9 Å². The Morgan fingerprint density at radius 2 is 0.950 bits per heavy atom. The summed E-state index contributed by atoms with van der Waals surface area (Å²) in [7, 11) is -2.60. The van der Waals surface area contributed by atoms with Gasteiger partial charge in [0.25, 0.3) is 0 Å². The number of fused-ring (bicyclic) bond motifs is 6. The number of hydrogen-bond donors (Lipinski definition) is 0. The Morgan fingerprint density at radius 3 is 1.60 bits per heavy atom. The highest BCUT2D eigenvalue weighted by atomic mass is 28.3. The third kappa shape index (κ3) is 5.76. The quantitative estimate of drug-likeness (QED) is 0.112. The van der Waals surface area contributed by atoms with Gasteiger partial charge in [-0.25, -0.2) is 0 Å². The second-order valence-electron chi connectivity index (χ2n) is 16.8. The molecule has 0 aromatic heterocycles. The summed E-state index contributed by atoms with van der Waals surface area (Å²) in [6.07, 6.45) is 8.71. The molecule has 8 aromatic carbocycles. The largest absolute Gasteiger partial charge is 0.485 e. The Balaban J connectivity index is 0.996. The highest BCUT2D eigenvalue weighted by Gasteiger charge is 2.41. The third-order valence-corrected chi connectivity index (χ3v) is 18.0. The van der Waals surface area contributed by atoms with Crippen LogP contribution in [0.25, 0.3) is 22.3 Å². The predicted molar refractivity (Wildman–Crippen MR) is 253 cm³/mol. The van der Waals surface area contributed by atoms with Crippen LogP contribution in [0, 0.1) is 0 Å². The number of rotatable bonds is 8. The topological polar surface area (TPSA) is 12.5 Å². The summed E-state index contributed by atoms with van der Waals surface area (Å²) in [4.78, 5) is 2.42. The first-order valence-electron chi connectivity index (χ1n) is 21.1. The number of allylic oxidation sites excluding steroid dienone is 2. The predicted octanol–water partition coefficient (Wildman–Crippen LogP) is 11.5. The molecule has 0 saturated carbocycles. The van der Waals surface area contributed by atoms with E-state index in [1.807, 2.05) is 0 Å². The molecule has 0 amide bonds. The summed E-state index contributed by atoms with van der Waals surface area (Å²) < 4.78 is 6.40. The van der Waals surface area contributed by atoms with E-state index >= 15 is 0 Å². The number of hydrogen-bond acceptors (Lipinski definition) is 2. The van der Waals surface area contributed by atoms with E-state index in [0.29, 0.717) is 0 Å². The van der Waals surface area contributed by atoms with Crippen LogP contribution < -0.4 is 30.4 Å². The summed E-state index contributed by atoms with van der Waals surface area (Å²) in [5.41, 5.74) is 12.3. The molecule has 0 N–H and O–H groups in total. The lowest BCUT2D eigenvalue weighted by atomic mass is 9.82. The summed E-state index contributed by atoms with van der Waals surface area (Å²) in [6, 6.07) is 74.5. The first-order valence-corrected chi connectivity index (χ1v) is 23.1. The van der Waals surface area contributed by atoms with Crippen LogP contribution in [0.4, 0.5) is 17.1 Å². The molecule has 2 nitrogen and oxygen atoms in total. The van der Waals surface area contributed by atoms with Gasteiger partial charge < -0.3 is 9.64 Å². The molecule has 11 rings (SSSR count). The Labute approximate surface area is 354 Å². The molecule has 2 unspecified atom stereocenters. The van der Waals surface area contributed by atoms with E-state index in [0.717, 1.165) is 22.8 Å². The summed E-state index contributed by atoms with van der Waals surface area (Å²) >= 11 is 0. The standard InChI is InChI=1S/C57H45NOSi/c1-57(2)53-24-14-12-22-49(53)50-36-32-44(39-54(50)57)58(43-33-37-56-52(38-43)51-23-13-15-25-55(51)59-56)42-30-26-40(27-31-42)41-28-34-48(35-29-41)60(45-16-6-3-7-17-45,46-18-8-4-9-19-46)47-20-10-5-11-21-47/h3-39,51,55H,1-2H3. The van der Waals surface area contributed by atoms with E-state index in [-0.39, 0.29) is 17.4 Å². The molecule has 3 aliphatic rings. The van der Waals surface area contributed by atoms with Crippen molar-refractivity contribution in [1.82, 2.24) is 0 Å². The van der Waals surface area contributed by atoms with Gasteiger partial charge in [0.15, 0.2) is 8.07 Å². The van der Waals surface area contributed by atoms with E-state index < -0.39 is 8.07 Å². The Morgan fingerprint density at radius 1 is 0.450 bits per heavy atom. The molecule has 0 saturated heterocycles. The van der Waals surface area contributed by atoms with Crippen molar-refractivity contribution in [1.29, 1.82) is 0 Å². The average molecular weight is 788 g/mol. The van der Waals surface area contributed by atoms with Crippen molar-refractivity contribution in [2.45, 2.75) is 31.3 Å². The molecule has 2 aliphatic carbocycles. The zero-order valence-electron chi connectivity index (χ0n) is 33.9. The Hall–Kier alpha value is -6.94. The minimum absolute atomic E-state index is 0.0413. The van der Waals surface area contributed by atoms with Crippen LogP contribution in [-0.4, -0.2) is 14.2 Å². The molecule has 2 atom stereocenters. The molecule has 60 heavy (non-hydrogen) atoms. The van der Waals surface area contributed by atoms with Gasteiger partial charge in [0.1, 0.15) is 11.9 Å². The van der Waals surface area contributed by atoms with Crippen molar-refractivity contribution in [3.05, 3.63) is 241 Å². The Kier molecular flexibility index (Phi) is 8.68. The van der Waals surface area contributed by atoms with Crippen LogP contribution >= 0.6 is 0 Å². The lowest BCUT2D eigenvalue weighted by Crippen LogP contribution is -2.74. The summed E-state index contributed by atoms with van der Waals surface area (Å²) in [6.45, 7) is 4.71. The van der Waals surface area contributed by atoms with E-state index in [1.54, 1.807) is 0 Å². The normalized spacial score (nSPS) is 16.6. The van der Waals surface area contributed by atoms with Gasteiger partial charge in [-0.2, -0.15) is 0 Å². The molecule has 3 heteroatoms. The van der Waals surface area contributed by atoms with Crippen LogP contribution in [0.3, 0.4) is 0 Å². The van der Waals surface area contributed by atoms with Crippen molar-refractivity contribution < 1.29 is 4.74 Å². The van der Waals surface area contributed by atoms with Gasteiger partial charge in [-0.05, 0) is 103 Å². The van der Waals surface area contributed by atoms with Crippen LogP contribution in [0.2, 0.25) is 0 Å². The lowest BCUT2D eigenvalue weighted by Gasteiger charge is -2.34. The van der Waals surface area contributed by atoms with Crippen LogP contribution in [0.1, 0.15) is 36.5 Å². The van der Waals surface area contributed by atoms with Gasteiger partial charge >= 0.3 is 0 Å². The molecule has 0 spiro atoms. The van der Waals surface area contributed by atoms with E-state index in [9.17, 15) is 0 Å². The smallest absolute Gasteiger partial charge is 0.179 e. The number of ether oxygens (including phenoxy) is 1. The molecule has 0 bridgehead atoms. The van der Waals surface area contributed by atoms with Crippen LogP contribution in [-0.2, 0) is 5.41 Å². The average Bonchev–Trinajstić information content (AvgIpc) is 3.79. The number of anilines is 3. The number of benzene rings is 8. The fourth-order valence-electron chi connectivity index (χ4n) is 10.2. The highest BCUT2D eigenvalue weighted by molar-refractivity contribution is 7.19. The second-order valence-corrected chi connectivity index (χ2v) is 20.6. The van der Waals surface area contributed by atoms with Crippen molar-refractivity contribution in [3.63, 3.8) is 0 Å². The molecule has 8 aromatic rings. The van der Waals surface area contributed by atoms with Gasteiger partial charge in [0.05, 0.1) is 0 Å². The summed E-state index contributed by atoms with van der Waals surface area (Å²) in [5.74, 6) is 1.17. The third-order valence-electron chi connectivity index (χ3n) is 13.2. The minimum Gasteiger partial charge on any atom is -0.485 e. The van der Waals surface area contributed by atoms with Gasteiger partial charge in [-0.1, -0.05) is 190 Å². The molecule has 1 heterocycles. The Bertz CT molecular complexity index is 2820.